The lowest BCUT2D eigenvalue weighted by Gasteiger charge is -2.18. The van der Waals surface area contributed by atoms with E-state index in [4.69, 9.17) is 15.0 Å². The molecule has 20 heavy (non-hydrogen) atoms. The highest BCUT2D eigenvalue weighted by atomic mass is 32.2. The summed E-state index contributed by atoms with van der Waals surface area (Å²) in [6.07, 6.45) is 1.13. The molecule has 3 rings (SSSR count). The number of nitrogens with two attached hydrogens (primary N) is 1. The molecule has 1 aliphatic heterocycles. The number of hydrogen-bond donors (Lipinski definition) is 1. The summed E-state index contributed by atoms with van der Waals surface area (Å²) in [5, 5.41) is 4.00. The van der Waals surface area contributed by atoms with E-state index in [9.17, 15) is 0 Å². The molecule has 108 valence electrons. The molecule has 1 aliphatic rings. The van der Waals surface area contributed by atoms with Crippen LogP contribution >= 0.6 is 23.1 Å². The smallest absolute Gasteiger partial charge is 0.268 e. The van der Waals surface area contributed by atoms with Gasteiger partial charge in [0.15, 0.2) is 5.82 Å². The number of nitrogens with zero attached hydrogens (tertiary/aromatic N) is 2. The van der Waals surface area contributed by atoms with E-state index in [0.29, 0.717) is 18.3 Å². The lowest BCUT2D eigenvalue weighted by atomic mass is 10.1. The molecule has 0 aliphatic carbocycles. The first-order valence-corrected chi connectivity index (χ1v) is 8.39. The van der Waals surface area contributed by atoms with Gasteiger partial charge in [0.2, 0.25) is 0 Å². The highest BCUT2D eigenvalue weighted by molar-refractivity contribution is 7.98. The van der Waals surface area contributed by atoms with Crippen molar-refractivity contribution in [3.05, 3.63) is 22.3 Å². The van der Waals surface area contributed by atoms with E-state index in [1.165, 1.54) is 16.2 Å². The van der Waals surface area contributed by atoms with E-state index < -0.39 is 5.54 Å². The summed E-state index contributed by atoms with van der Waals surface area (Å²) in [6.45, 7) is 2.19. The maximum Gasteiger partial charge on any atom is 0.268 e. The number of aryl methyl sites for hydroxylation is 1. The van der Waals surface area contributed by atoms with Crippen LogP contribution in [0.2, 0.25) is 0 Å². The van der Waals surface area contributed by atoms with Crippen LogP contribution in [0.5, 0.6) is 0 Å². The summed E-state index contributed by atoms with van der Waals surface area (Å²) in [5.74, 6) is 3.30. The molecule has 1 atom stereocenters. The average molecular weight is 311 g/mol. The number of ether oxygens (including phenoxy) is 1. The van der Waals surface area contributed by atoms with Gasteiger partial charge in [0.05, 0.1) is 11.5 Å². The Balaban J connectivity index is 1.88. The Kier molecular flexibility index (Phi) is 3.85. The van der Waals surface area contributed by atoms with Crippen molar-refractivity contribution in [2.45, 2.75) is 24.6 Å². The second kappa shape index (κ2) is 5.48. The Labute approximate surface area is 125 Å². The highest BCUT2D eigenvalue weighted by Crippen LogP contribution is 2.36. The molecular weight excluding hydrogens is 294 g/mol. The molecule has 0 radical (unpaired) electrons. The quantitative estimate of drug-likeness (QED) is 0.934. The Bertz CT molecular complexity index is 583. The Morgan fingerprint density at radius 3 is 3.15 bits per heavy atom. The number of hydrogen-bond acceptors (Lipinski definition) is 7. The summed E-state index contributed by atoms with van der Waals surface area (Å²) in [6, 6.07) is 2.16. The molecule has 0 bridgehead atoms. The van der Waals surface area contributed by atoms with Gasteiger partial charge in [-0.1, -0.05) is 5.16 Å². The van der Waals surface area contributed by atoms with Crippen molar-refractivity contribution in [2.75, 3.05) is 19.5 Å². The van der Waals surface area contributed by atoms with Crippen LogP contribution in [0.1, 0.15) is 23.2 Å². The van der Waals surface area contributed by atoms with Crippen LogP contribution < -0.4 is 5.73 Å². The number of fused-ring (bicyclic) bond motifs is 1. The van der Waals surface area contributed by atoms with E-state index in [2.05, 4.69) is 16.2 Å². The topological polar surface area (TPSA) is 74.2 Å². The van der Waals surface area contributed by atoms with Crippen molar-refractivity contribution in [1.82, 2.24) is 10.1 Å². The summed E-state index contributed by atoms with van der Waals surface area (Å²) in [4.78, 5) is 6.90. The van der Waals surface area contributed by atoms with Crippen molar-refractivity contribution < 1.29 is 9.26 Å². The molecule has 0 aromatic carbocycles. The van der Waals surface area contributed by atoms with E-state index in [-0.39, 0.29) is 0 Å². The molecule has 0 saturated heterocycles. The SMILES string of the molecule is COCC(C)(N)c1noc(-c2cc3c(s2)CCSC3)n1. The van der Waals surface area contributed by atoms with Crippen LogP contribution in [-0.4, -0.2) is 29.6 Å². The molecule has 0 spiro atoms. The van der Waals surface area contributed by atoms with Crippen LogP contribution in [0.4, 0.5) is 0 Å². The second-order valence-corrected chi connectivity index (χ2v) is 7.38. The van der Waals surface area contributed by atoms with Crippen LogP contribution in [0.15, 0.2) is 10.6 Å². The van der Waals surface area contributed by atoms with Crippen LogP contribution in [0, 0.1) is 0 Å². The van der Waals surface area contributed by atoms with Crippen LogP contribution in [0.3, 0.4) is 0 Å². The van der Waals surface area contributed by atoms with Gasteiger partial charge in [-0.2, -0.15) is 16.7 Å². The van der Waals surface area contributed by atoms with Gasteiger partial charge >= 0.3 is 0 Å². The normalized spacial score (nSPS) is 17.8. The lowest BCUT2D eigenvalue weighted by Crippen LogP contribution is -2.38. The molecule has 2 aromatic heterocycles. The van der Waals surface area contributed by atoms with Crippen molar-refractivity contribution in [2.24, 2.45) is 5.73 Å². The number of thioether (sulfide) groups is 1. The Morgan fingerprint density at radius 1 is 1.55 bits per heavy atom. The first kappa shape index (κ1) is 14.1. The van der Waals surface area contributed by atoms with Gasteiger partial charge in [-0.3, -0.25) is 0 Å². The monoisotopic (exact) mass is 311 g/mol. The maximum absolute atomic E-state index is 6.13. The van der Waals surface area contributed by atoms with Gasteiger partial charge < -0.3 is 15.0 Å². The molecule has 2 N–H and O–H groups in total. The molecule has 7 heteroatoms. The fourth-order valence-corrected chi connectivity index (χ4v) is 4.47. The van der Waals surface area contributed by atoms with Gasteiger partial charge in [-0.25, -0.2) is 0 Å². The standard InChI is InChI=1S/C13H17N3O2S2/c1-13(14,7-17-2)12-15-11(18-16-12)10-5-8-6-19-4-3-9(8)20-10/h5H,3-4,6-7,14H2,1-2H3. The molecule has 3 heterocycles. The molecule has 0 saturated carbocycles. The number of methoxy groups -OCH3 is 1. The van der Waals surface area contributed by atoms with Gasteiger partial charge in [0, 0.05) is 17.7 Å². The molecule has 5 nitrogen and oxygen atoms in total. The molecule has 1 unspecified atom stereocenters. The highest BCUT2D eigenvalue weighted by Gasteiger charge is 2.28. The minimum atomic E-state index is -0.733. The van der Waals surface area contributed by atoms with Crippen LogP contribution in [0.25, 0.3) is 10.8 Å². The fourth-order valence-electron chi connectivity index (χ4n) is 2.17. The van der Waals surface area contributed by atoms with E-state index in [1.807, 2.05) is 18.7 Å². The zero-order valence-corrected chi connectivity index (χ0v) is 13.1. The second-order valence-electron chi connectivity index (χ2n) is 5.14. The van der Waals surface area contributed by atoms with Crippen molar-refractivity contribution in [3.8, 4) is 10.8 Å². The molecule has 0 fully saturated rings. The molecule has 2 aromatic rings. The van der Waals surface area contributed by atoms with Gasteiger partial charge in [-0.15, -0.1) is 11.3 Å². The predicted molar refractivity (Wildman–Crippen MR) is 80.9 cm³/mol. The predicted octanol–water partition coefficient (Wildman–Crippen LogP) is 2.41. The third-order valence-corrected chi connectivity index (χ3v) is 5.45. The zero-order valence-electron chi connectivity index (χ0n) is 11.5. The summed E-state index contributed by atoms with van der Waals surface area (Å²) in [7, 11) is 1.61. The number of thiophene rings is 1. The molecular formula is C13H17N3O2S2. The average Bonchev–Trinajstić information content (AvgIpc) is 3.05. The summed E-state index contributed by atoms with van der Waals surface area (Å²) < 4.78 is 10.5. The van der Waals surface area contributed by atoms with Crippen molar-refractivity contribution in [1.29, 1.82) is 0 Å². The maximum atomic E-state index is 6.13. The first-order valence-electron chi connectivity index (χ1n) is 6.42. The van der Waals surface area contributed by atoms with E-state index in [1.54, 1.807) is 18.4 Å². The largest absolute Gasteiger partial charge is 0.382 e. The Hall–Kier alpha value is -0.890. The fraction of sp³-hybridized carbons (Fsp3) is 0.538. The van der Waals surface area contributed by atoms with Crippen LogP contribution in [-0.2, 0) is 22.4 Å². The van der Waals surface area contributed by atoms with E-state index in [0.717, 1.165) is 17.1 Å². The minimum absolute atomic E-state index is 0.351. The lowest BCUT2D eigenvalue weighted by molar-refractivity contribution is 0.135. The number of rotatable bonds is 4. The molecule has 0 amide bonds. The van der Waals surface area contributed by atoms with Gasteiger partial charge in [-0.05, 0) is 30.7 Å². The van der Waals surface area contributed by atoms with E-state index >= 15 is 0 Å². The van der Waals surface area contributed by atoms with Gasteiger partial charge in [0.1, 0.15) is 5.54 Å². The number of aromatic nitrogens is 2. The first-order chi connectivity index (χ1) is 9.60. The minimum Gasteiger partial charge on any atom is -0.382 e. The summed E-state index contributed by atoms with van der Waals surface area (Å²) in [5.41, 5.74) is 6.79. The third kappa shape index (κ3) is 2.63. The zero-order chi connectivity index (χ0) is 14.2. The van der Waals surface area contributed by atoms with Gasteiger partial charge in [0.25, 0.3) is 5.89 Å². The summed E-state index contributed by atoms with van der Waals surface area (Å²) >= 11 is 3.71. The van der Waals surface area contributed by atoms with Crippen molar-refractivity contribution >= 4 is 23.1 Å². The third-order valence-electron chi connectivity index (χ3n) is 3.22. The van der Waals surface area contributed by atoms with Crippen molar-refractivity contribution in [3.63, 3.8) is 0 Å². The Morgan fingerprint density at radius 2 is 2.40 bits per heavy atom.